The van der Waals surface area contributed by atoms with Gasteiger partial charge in [0.15, 0.2) is 0 Å². The number of methoxy groups -OCH3 is 1. The van der Waals surface area contributed by atoms with Crippen molar-refractivity contribution < 1.29 is 9.53 Å². The molecule has 0 aliphatic rings. The first-order valence-electron chi connectivity index (χ1n) is 9.63. The molecule has 154 valence electrons. The Morgan fingerprint density at radius 2 is 2.17 bits per heavy atom. The number of pyridine rings is 1. The summed E-state index contributed by atoms with van der Waals surface area (Å²) in [6.07, 6.45) is 6.12. The number of fused-ring (bicyclic) bond motifs is 1. The minimum atomic E-state index is -0.171. The highest BCUT2D eigenvalue weighted by molar-refractivity contribution is 5.85. The van der Waals surface area contributed by atoms with Crippen molar-refractivity contribution in [3.8, 4) is 17.1 Å². The second-order valence-corrected chi connectivity index (χ2v) is 7.21. The van der Waals surface area contributed by atoms with Crippen LogP contribution in [0.3, 0.4) is 0 Å². The highest BCUT2D eigenvalue weighted by Crippen LogP contribution is 2.26. The van der Waals surface area contributed by atoms with E-state index in [1.54, 1.807) is 25.6 Å². The van der Waals surface area contributed by atoms with Crippen molar-refractivity contribution in [3.63, 3.8) is 0 Å². The molecule has 0 bridgehead atoms. The van der Waals surface area contributed by atoms with Crippen molar-refractivity contribution in [3.05, 3.63) is 54.5 Å². The van der Waals surface area contributed by atoms with E-state index in [2.05, 4.69) is 36.5 Å². The second kappa shape index (κ2) is 8.32. The molecular weight excluding hydrogens is 382 g/mol. The molecule has 1 aromatic carbocycles. The molecule has 0 unspecified atom stereocenters. The first-order valence-corrected chi connectivity index (χ1v) is 9.63. The average Bonchev–Trinajstić information content (AvgIpc) is 3.33. The molecule has 0 radical (unpaired) electrons. The summed E-state index contributed by atoms with van der Waals surface area (Å²) in [4.78, 5) is 17.8. The van der Waals surface area contributed by atoms with Crippen LogP contribution in [0.2, 0.25) is 0 Å². The van der Waals surface area contributed by atoms with E-state index in [9.17, 15) is 4.79 Å². The van der Waals surface area contributed by atoms with Crippen molar-refractivity contribution in [1.82, 2.24) is 35.1 Å². The number of carbonyl (C=O) groups excluding carboxylic acids is 1. The number of hydrogen-bond donors (Lipinski definition) is 1. The van der Waals surface area contributed by atoms with Crippen molar-refractivity contribution in [1.29, 1.82) is 0 Å². The Bertz CT molecular complexity index is 1170. The summed E-state index contributed by atoms with van der Waals surface area (Å²) >= 11 is 0. The van der Waals surface area contributed by atoms with Crippen molar-refractivity contribution in [2.45, 2.75) is 25.9 Å². The third-order valence-corrected chi connectivity index (χ3v) is 4.87. The third-order valence-electron chi connectivity index (χ3n) is 4.87. The van der Waals surface area contributed by atoms with Crippen LogP contribution in [-0.2, 0) is 24.8 Å². The van der Waals surface area contributed by atoms with E-state index in [4.69, 9.17) is 4.74 Å². The lowest BCUT2D eigenvalue weighted by atomic mass is 10.1. The Hall–Kier alpha value is -3.75. The van der Waals surface area contributed by atoms with E-state index in [0.717, 1.165) is 27.8 Å². The highest BCUT2D eigenvalue weighted by atomic mass is 16.5. The normalized spacial score (nSPS) is 12.1. The standard InChI is InChI=1S/C21H23N7O2/c1-14(9-16-12-27(2)19-7-6-17(30-3)10-18(16)19)23-20(29)13-28-25-21(24-26-28)15-5-4-8-22-11-15/h4-8,10-12,14H,9,13H2,1-3H3,(H,23,29)/t14-/m0/s1. The van der Waals surface area contributed by atoms with Crippen LogP contribution in [0.4, 0.5) is 0 Å². The predicted molar refractivity (Wildman–Crippen MR) is 112 cm³/mol. The maximum Gasteiger partial charge on any atom is 0.243 e. The number of hydrogen-bond acceptors (Lipinski definition) is 6. The molecule has 0 saturated heterocycles. The van der Waals surface area contributed by atoms with Crippen molar-refractivity contribution in [2.75, 3.05) is 7.11 Å². The molecule has 0 saturated carbocycles. The largest absolute Gasteiger partial charge is 0.497 e. The summed E-state index contributed by atoms with van der Waals surface area (Å²) in [6.45, 7) is 1.98. The molecule has 1 amide bonds. The van der Waals surface area contributed by atoms with Crippen LogP contribution in [0.25, 0.3) is 22.3 Å². The zero-order valence-corrected chi connectivity index (χ0v) is 17.1. The van der Waals surface area contributed by atoms with E-state index >= 15 is 0 Å². The van der Waals surface area contributed by atoms with E-state index in [1.165, 1.54) is 4.80 Å². The first kappa shape index (κ1) is 19.6. The fraction of sp³-hybridized carbons (Fsp3) is 0.286. The van der Waals surface area contributed by atoms with E-state index < -0.39 is 0 Å². The number of rotatable bonds is 7. The number of ether oxygens (including phenoxy) is 1. The summed E-state index contributed by atoms with van der Waals surface area (Å²) in [5, 5.41) is 16.3. The van der Waals surface area contributed by atoms with Gasteiger partial charge in [0.25, 0.3) is 0 Å². The summed E-state index contributed by atoms with van der Waals surface area (Å²) in [5.74, 6) is 1.08. The molecule has 1 N–H and O–H groups in total. The molecule has 9 heteroatoms. The van der Waals surface area contributed by atoms with Gasteiger partial charge in [-0.2, -0.15) is 4.80 Å². The minimum Gasteiger partial charge on any atom is -0.497 e. The van der Waals surface area contributed by atoms with Crippen LogP contribution >= 0.6 is 0 Å². The Kier molecular flexibility index (Phi) is 5.42. The van der Waals surface area contributed by atoms with Gasteiger partial charge in [-0.1, -0.05) is 0 Å². The number of nitrogens with one attached hydrogen (secondary N) is 1. The quantitative estimate of drug-likeness (QED) is 0.505. The smallest absolute Gasteiger partial charge is 0.243 e. The monoisotopic (exact) mass is 405 g/mol. The van der Waals surface area contributed by atoms with Gasteiger partial charge >= 0.3 is 0 Å². The lowest BCUT2D eigenvalue weighted by Gasteiger charge is -2.13. The fourth-order valence-electron chi connectivity index (χ4n) is 3.49. The molecule has 4 aromatic rings. The highest BCUT2D eigenvalue weighted by Gasteiger charge is 2.15. The van der Waals surface area contributed by atoms with Gasteiger partial charge in [-0.3, -0.25) is 9.78 Å². The SMILES string of the molecule is COc1ccc2c(c1)c(C[C@H](C)NC(=O)Cn1nnc(-c3cccnc3)n1)cn2C. The van der Waals surface area contributed by atoms with Crippen LogP contribution in [0, 0.1) is 0 Å². The summed E-state index contributed by atoms with van der Waals surface area (Å²) in [5.41, 5.74) is 3.03. The van der Waals surface area contributed by atoms with Gasteiger partial charge in [0.05, 0.1) is 7.11 Å². The number of carbonyl (C=O) groups is 1. The van der Waals surface area contributed by atoms with Gasteiger partial charge in [0.1, 0.15) is 12.3 Å². The Balaban J connectivity index is 1.40. The van der Waals surface area contributed by atoms with Crippen LogP contribution in [0.15, 0.2) is 48.9 Å². The predicted octanol–water partition coefficient (Wildman–Crippen LogP) is 1.98. The number of benzene rings is 1. The number of aryl methyl sites for hydroxylation is 1. The molecule has 0 aliphatic heterocycles. The Morgan fingerprint density at radius 3 is 2.93 bits per heavy atom. The van der Waals surface area contributed by atoms with E-state index in [-0.39, 0.29) is 18.5 Å². The summed E-state index contributed by atoms with van der Waals surface area (Å²) < 4.78 is 7.43. The molecule has 0 fully saturated rings. The molecule has 30 heavy (non-hydrogen) atoms. The fourth-order valence-corrected chi connectivity index (χ4v) is 3.49. The molecular formula is C21H23N7O2. The van der Waals surface area contributed by atoms with E-state index in [0.29, 0.717) is 12.2 Å². The van der Waals surface area contributed by atoms with Gasteiger partial charge in [-0.25, -0.2) is 0 Å². The topological polar surface area (TPSA) is 99.8 Å². The molecule has 9 nitrogen and oxygen atoms in total. The summed E-state index contributed by atoms with van der Waals surface area (Å²) in [6, 6.07) is 9.59. The van der Waals surface area contributed by atoms with Crippen LogP contribution in [0.1, 0.15) is 12.5 Å². The van der Waals surface area contributed by atoms with Crippen LogP contribution < -0.4 is 10.1 Å². The van der Waals surface area contributed by atoms with Gasteiger partial charge in [-0.05, 0) is 54.5 Å². The average molecular weight is 405 g/mol. The van der Waals surface area contributed by atoms with Crippen molar-refractivity contribution in [2.24, 2.45) is 7.05 Å². The van der Waals surface area contributed by atoms with E-state index in [1.807, 2.05) is 38.2 Å². The zero-order valence-electron chi connectivity index (χ0n) is 17.1. The maximum atomic E-state index is 12.5. The molecule has 0 spiro atoms. The van der Waals surface area contributed by atoms with Gasteiger partial charge in [-0.15, -0.1) is 10.2 Å². The number of aromatic nitrogens is 6. The van der Waals surface area contributed by atoms with Gasteiger partial charge in [0.2, 0.25) is 11.7 Å². The maximum absolute atomic E-state index is 12.5. The van der Waals surface area contributed by atoms with Crippen molar-refractivity contribution >= 4 is 16.8 Å². The third kappa shape index (κ3) is 4.14. The first-order chi connectivity index (χ1) is 14.5. The van der Waals surface area contributed by atoms with Gasteiger partial charge in [0, 0.05) is 48.1 Å². The van der Waals surface area contributed by atoms with Gasteiger partial charge < -0.3 is 14.6 Å². The molecule has 3 aromatic heterocycles. The number of tetrazole rings is 1. The molecule has 3 heterocycles. The van der Waals surface area contributed by atoms with Crippen LogP contribution in [0.5, 0.6) is 5.75 Å². The number of nitrogens with zero attached hydrogens (tertiary/aromatic N) is 6. The zero-order chi connectivity index (χ0) is 21.1. The lowest BCUT2D eigenvalue weighted by Crippen LogP contribution is -2.36. The molecule has 4 rings (SSSR count). The molecule has 0 aliphatic carbocycles. The Morgan fingerprint density at radius 1 is 1.30 bits per heavy atom. The Labute approximate surface area is 173 Å². The summed E-state index contributed by atoms with van der Waals surface area (Å²) in [7, 11) is 3.67. The second-order valence-electron chi connectivity index (χ2n) is 7.21. The lowest BCUT2D eigenvalue weighted by molar-refractivity contribution is -0.122. The molecule has 1 atom stereocenters. The minimum absolute atomic E-state index is 0.000955. The number of amides is 1. The van der Waals surface area contributed by atoms with Crippen LogP contribution in [-0.4, -0.2) is 48.8 Å².